The molecule has 1 unspecified atom stereocenters. The monoisotopic (exact) mass is 467 g/mol. The van der Waals surface area contributed by atoms with E-state index in [-0.39, 0.29) is 0 Å². The maximum atomic E-state index is 6.16. The predicted molar refractivity (Wildman–Crippen MR) is 131 cm³/mol. The topological polar surface area (TPSA) is 37.8 Å². The van der Waals surface area contributed by atoms with E-state index in [0.717, 1.165) is 57.4 Å². The minimum atomic E-state index is 0.383. The Bertz CT molecular complexity index is 1050. The Morgan fingerprint density at radius 1 is 1.16 bits per heavy atom. The van der Waals surface area contributed by atoms with Crippen molar-refractivity contribution in [2.45, 2.75) is 23.9 Å². The third kappa shape index (κ3) is 5.02. The van der Waals surface area contributed by atoms with Gasteiger partial charge in [0.2, 0.25) is 0 Å². The molecule has 7 heteroatoms. The van der Waals surface area contributed by atoms with Crippen LogP contribution in [0.15, 0.2) is 52.7 Å². The van der Waals surface area contributed by atoms with E-state index in [0.29, 0.717) is 11.1 Å². The van der Waals surface area contributed by atoms with E-state index in [1.165, 1.54) is 21.6 Å². The van der Waals surface area contributed by atoms with Crippen molar-refractivity contribution in [2.24, 2.45) is 0 Å². The Kier molecular flexibility index (Phi) is 6.80. The number of hydrogen-bond acceptors (Lipinski definition) is 7. The molecule has 0 radical (unpaired) electrons. The number of aromatic nitrogens is 1. The number of likely N-dealkylation sites (N-methyl/N-ethyl adjacent to an activating group) is 1. The van der Waals surface area contributed by atoms with E-state index >= 15 is 0 Å². The summed E-state index contributed by atoms with van der Waals surface area (Å²) in [6.45, 7) is 6.37. The molecular formula is C25H29N3O2S2. The summed E-state index contributed by atoms with van der Waals surface area (Å²) in [5, 5.41) is 2.81. The van der Waals surface area contributed by atoms with Crippen molar-refractivity contribution in [2.75, 3.05) is 46.2 Å². The van der Waals surface area contributed by atoms with E-state index in [4.69, 9.17) is 14.5 Å². The van der Waals surface area contributed by atoms with Crippen LogP contribution >= 0.6 is 23.1 Å². The number of rotatable bonds is 6. The summed E-state index contributed by atoms with van der Waals surface area (Å²) < 4.78 is 11.6. The molecule has 2 aromatic carbocycles. The average Bonchev–Trinajstić information content (AvgIpc) is 3.25. The van der Waals surface area contributed by atoms with Crippen LogP contribution in [0.25, 0.3) is 0 Å². The van der Waals surface area contributed by atoms with Gasteiger partial charge in [0, 0.05) is 48.9 Å². The highest BCUT2D eigenvalue weighted by Crippen LogP contribution is 2.36. The van der Waals surface area contributed by atoms with Gasteiger partial charge in [0.25, 0.3) is 5.19 Å². The molecule has 0 N–H and O–H groups in total. The lowest BCUT2D eigenvalue weighted by atomic mass is 9.85. The molecule has 2 aliphatic rings. The zero-order valence-corrected chi connectivity index (χ0v) is 20.3. The molecule has 3 aromatic rings. The summed E-state index contributed by atoms with van der Waals surface area (Å²) in [4.78, 5) is 10.8. The maximum Gasteiger partial charge on any atom is 0.278 e. The number of nitrogens with zero attached hydrogens (tertiary/aromatic N) is 3. The SMILES string of the molecule is CSc1ccc(C2CN(C)Cc3cc(Oc4nc(CN5CCOCC5)cs4)ccc32)cc1. The molecule has 0 saturated carbocycles. The molecule has 1 atom stereocenters. The van der Waals surface area contributed by atoms with Gasteiger partial charge >= 0.3 is 0 Å². The lowest BCUT2D eigenvalue weighted by Crippen LogP contribution is -2.35. The smallest absolute Gasteiger partial charge is 0.278 e. The first-order chi connectivity index (χ1) is 15.7. The number of thioether (sulfide) groups is 1. The van der Waals surface area contributed by atoms with E-state index < -0.39 is 0 Å². The zero-order valence-electron chi connectivity index (χ0n) is 18.6. The van der Waals surface area contributed by atoms with E-state index in [2.05, 4.69) is 70.9 Å². The van der Waals surface area contributed by atoms with Crippen molar-refractivity contribution >= 4 is 23.1 Å². The van der Waals surface area contributed by atoms with Crippen LogP contribution in [0.2, 0.25) is 0 Å². The molecule has 0 amide bonds. The number of ether oxygens (including phenoxy) is 2. The molecule has 0 bridgehead atoms. The maximum absolute atomic E-state index is 6.16. The van der Waals surface area contributed by atoms with Crippen LogP contribution in [-0.4, -0.2) is 60.9 Å². The molecule has 1 fully saturated rings. The molecular weight excluding hydrogens is 438 g/mol. The van der Waals surface area contributed by atoms with Crippen LogP contribution in [0.3, 0.4) is 0 Å². The minimum Gasteiger partial charge on any atom is -0.431 e. The third-order valence-electron chi connectivity index (χ3n) is 6.17. The van der Waals surface area contributed by atoms with Crippen LogP contribution < -0.4 is 4.74 Å². The second-order valence-electron chi connectivity index (χ2n) is 8.48. The van der Waals surface area contributed by atoms with Crippen molar-refractivity contribution in [1.82, 2.24) is 14.8 Å². The van der Waals surface area contributed by atoms with Crippen molar-refractivity contribution in [3.8, 4) is 10.9 Å². The summed E-state index contributed by atoms with van der Waals surface area (Å²) in [6, 6.07) is 15.5. The first-order valence-electron chi connectivity index (χ1n) is 11.1. The standard InChI is InChI=1S/C25H29N3O2S2/c1-27-14-19-13-21(30-25-26-20(17-32-25)15-28-9-11-29-12-10-28)5-8-23(19)24(16-27)18-3-6-22(31-2)7-4-18/h3-8,13,17,24H,9-12,14-16H2,1-2H3. The highest BCUT2D eigenvalue weighted by Gasteiger charge is 2.25. The Morgan fingerprint density at radius 3 is 2.75 bits per heavy atom. The molecule has 3 heterocycles. The summed E-state index contributed by atoms with van der Waals surface area (Å²) in [7, 11) is 2.19. The third-order valence-corrected chi connectivity index (χ3v) is 7.68. The molecule has 5 nitrogen and oxygen atoms in total. The fourth-order valence-electron chi connectivity index (χ4n) is 4.51. The number of fused-ring (bicyclic) bond motifs is 1. The normalized spacial score (nSPS) is 19.6. The van der Waals surface area contributed by atoms with Gasteiger partial charge in [-0.1, -0.05) is 29.5 Å². The summed E-state index contributed by atoms with van der Waals surface area (Å²) in [6.07, 6.45) is 2.12. The Balaban J connectivity index is 1.31. The summed E-state index contributed by atoms with van der Waals surface area (Å²) in [5.41, 5.74) is 5.18. The van der Waals surface area contributed by atoms with Gasteiger partial charge in [-0.15, -0.1) is 11.8 Å². The van der Waals surface area contributed by atoms with Crippen LogP contribution in [-0.2, 0) is 17.8 Å². The molecule has 0 aliphatic carbocycles. The van der Waals surface area contributed by atoms with Gasteiger partial charge in [0.1, 0.15) is 5.75 Å². The molecule has 5 rings (SSSR count). The lowest BCUT2D eigenvalue weighted by molar-refractivity contribution is 0.0337. The van der Waals surface area contributed by atoms with Crippen LogP contribution in [0.5, 0.6) is 10.9 Å². The van der Waals surface area contributed by atoms with E-state index in [1.807, 2.05) is 0 Å². The molecule has 2 aliphatic heterocycles. The second-order valence-corrected chi connectivity index (χ2v) is 10.2. The van der Waals surface area contributed by atoms with Gasteiger partial charge in [0.05, 0.1) is 18.9 Å². The zero-order chi connectivity index (χ0) is 21.9. The number of thiazole rings is 1. The number of morpholine rings is 1. The van der Waals surface area contributed by atoms with Crippen molar-refractivity contribution in [3.63, 3.8) is 0 Å². The van der Waals surface area contributed by atoms with Gasteiger partial charge in [-0.25, -0.2) is 4.98 Å². The number of hydrogen-bond donors (Lipinski definition) is 0. The Morgan fingerprint density at radius 2 is 1.97 bits per heavy atom. The van der Waals surface area contributed by atoms with Crippen molar-refractivity contribution < 1.29 is 9.47 Å². The second kappa shape index (κ2) is 9.93. The largest absolute Gasteiger partial charge is 0.431 e. The fraction of sp³-hybridized carbons (Fsp3) is 0.400. The Labute approximate surface area is 198 Å². The molecule has 168 valence electrons. The highest BCUT2D eigenvalue weighted by molar-refractivity contribution is 7.98. The van der Waals surface area contributed by atoms with E-state index in [1.54, 1.807) is 23.1 Å². The fourth-order valence-corrected chi connectivity index (χ4v) is 5.59. The summed E-state index contributed by atoms with van der Waals surface area (Å²) in [5.74, 6) is 1.25. The van der Waals surface area contributed by atoms with Gasteiger partial charge in [0.15, 0.2) is 0 Å². The lowest BCUT2D eigenvalue weighted by Gasteiger charge is -2.33. The van der Waals surface area contributed by atoms with Gasteiger partial charge < -0.3 is 14.4 Å². The van der Waals surface area contributed by atoms with Crippen molar-refractivity contribution in [3.05, 3.63) is 70.2 Å². The average molecular weight is 468 g/mol. The van der Waals surface area contributed by atoms with Crippen LogP contribution in [0.4, 0.5) is 0 Å². The van der Waals surface area contributed by atoms with Gasteiger partial charge in [-0.05, 0) is 54.3 Å². The van der Waals surface area contributed by atoms with Gasteiger partial charge in [-0.2, -0.15) is 0 Å². The molecule has 0 spiro atoms. The van der Waals surface area contributed by atoms with Gasteiger partial charge in [-0.3, -0.25) is 4.90 Å². The highest BCUT2D eigenvalue weighted by atomic mass is 32.2. The molecule has 1 aromatic heterocycles. The first kappa shape index (κ1) is 21.9. The van der Waals surface area contributed by atoms with E-state index in [9.17, 15) is 0 Å². The summed E-state index contributed by atoms with van der Waals surface area (Å²) >= 11 is 3.35. The molecule has 32 heavy (non-hydrogen) atoms. The molecule has 1 saturated heterocycles. The van der Waals surface area contributed by atoms with Crippen LogP contribution in [0.1, 0.15) is 28.3 Å². The van der Waals surface area contributed by atoms with Crippen LogP contribution in [0, 0.1) is 0 Å². The van der Waals surface area contributed by atoms with Crippen molar-refractivity contribution in [1.29, 1.82) is 0 Å². The predicted octanol–water partition coefficient (Wildman–Crippen LogP) is 5.07. The minimum absolute atomic E-state index is 0.383. The Hall–Kier alpha value is -1.90. The number of benzene rings is 2. The quantitative estimate of drug-likeness (QED) is 0.472. The first-order valence-corrected chi connectivity index (χ1v) is 13.2.